The Morgan fingerprint density at radius 1 is 1.25 bits per heavy atom. The Labute approximate surface area is 95.2 Å². The van der Waals surface area contributed by atoms with Crippen LogP contribution < -0.4 is 0 Å². The Hall–Kier alpha value is -2.01. The molecule has 1 N–H and O–H groups in total. The van der Waals surface area contributed by atoms with Crippen LogP contribution in [0.15, 0.2) is 35.8 Å². The predicted octanol–water partition coefficient (Wildman–Crippen LogP) is 2.08. The molecule has 0 radical (unpaired) electrons. The quantitative estimate of drug-likeness (QED) is 0.651. The number of carboxylic acid groups (broad SMARTS) is 1. The molecule has 0 aliphatic rings. The van der Waals surface area contributed by atoms with E-state index >= 15 is 0 Å². The molecule has 80 valence electrons. The van der Waals surface area contributed by atoms with E-state index in [0.717, 1.165) is 0 Å². The number of hydrogen-bond donors (Lipinski definition) is 1. The number of ketones is 1. The Bertz CT molecular complexity index is 534. The van der Waals surface area contributed by atoms with Crippen LogP contribution in [0.25, 0.3) is 10.6 Å². The number of thiazole rings is 1. The molecule has 0 atom stereocenters. The molecule has 1 heterocycles. The van der Waals surface area contributed by atoms with E-state index in [1.54, 1.807) is 29.8 Å². The molecule has 16 heavy (non-hydrogen) atoms. The van der Waals surface area contributed by atoms with Gasteiger partial charge in [0.05, 0.1) is 0 Å². The van der Waals surface area contributed by atoms with E-state index in [-0.39, 0.29) is 5.56 Å². The van der Waals surface area contributed by atoms with Crippen molar-refractivity contribution in [2.45, 2.75) is 0 Å². The lowest BCUT2D eigenvalue weighted by atomic mass is 10.0. The zero-order chi connectivity index (χ0) is 11.5. The van der Waals surface area contributed by atoms with Crippen molar-refractivity contribution in [1.29, 1.82) is 0 Å². The second kappa shape index (κ2) is 4.24. The number of rotatable bonds is 3. The second-order valence-electron chi connectivity index (χ2n) is 3.02. The number of aliphatic carboxylic acids is 1. The zero-order valence-electron chi connectivity index (χ0n) is 8.08. The highest BCUT2D eigenvalue weighted by Crippen LogP contribution is 2.25. The number of carboxylic acids is 1. The van der Waals surface area contributed by atoms with Crippen LogP contribution in [-0.4, -0.2) is 21.8 Å². The molecule has 0 spiro atoms. The zero-order valence-corrected chi connectivity index (χ0v) is 8.90. The van der Waals surface area contributed by atoms with Crippen molar-refractivity contribution in [1.82, 2.24) is 4.98 Å². The molecule has 0 saturated carbocycles. The molecule has 2 aromatic rings. The maximum absolute atomic E-state index is 11.4. The van der Waals surface area contributed by atoms with Crippen LogP contribution in [0.1, 0.15) is 10.4 Å². The Balaban J connectivity index is 2.55. The van der Waals surface area contributed by atoms with Gasteiger partial charge in [0.15, 0.2) is 0 Å². The maximum atomic E-state index is 11.4. The molecule has 0 unspecified atom stereocenters. The van der Waals surface area contributed by atoms with E-state index < -0.39 is 11.8 Å². The van der Waals surface area contributed by atoms with Crippen LogP contribution in [-0.2, 0) is 4.79 Å². The minimum absolute atomic E-state index is 0.171. The average Bonchev–Trinajstić information content (AvgIpc) is 2.81. The summed E-state index contributed by atoms with van der Waals surface area (Å²) in [5, 5.41) is 11.1. The first-order valence-electron chi connectivity index (χ1n) is 4.46. The van der Waals surface area contributed by atoms with E-state index in [1.165, 1.54) is 17.4 Å². The number of carbonyl (C=O) groups excluding carboxylic acids is 1. The molecule has 5 heteroatoms. The minimum Gasteiger partial charge on any atom is -0.475 e. The molecule has 0 bridgehead atoms. The largest absolute Gasteiger partial charge is 0.475 e. The fraction of sp³-hybridized carbons (Fsp3) is 0. The lowest BCUT2D eigenvalue weighted by Gasteiger charge is -2.02. The average molecular weight is 233 g/mol. The summed E-state index contributed by atoms with van der Waals surface area (Å²) in [6, 6.07) is 6.56. The highest BCUT2D eigenvalue weighted by molar-refractivity contribution is 7.13. The van der Waals surface area contributed by atoms with Crippen LogP contribution in [0.2, 0.25) is 0 Å². The van der Waals surface area contributed by atoms with Crippen LogP contribution in [0.4, 0.5) is 0 Å². The van der Waals surface area contributed by atoms with Gasteiger partial charge >= 0.3 is 5.97 Å². The molecule has 0 saturated heterocycles. The predicted molar refractivity (Wildman–Crippen MR) is 59.5 cm³/mol. The van der Waals surface area contributed by atoms with Crippen molar-refractivity contribution in [3.05, 3.63) is 41.4 Å². The smallest absolute Gasteiger partial charge is 0.377 e. The van der Waals surface area contributed by atoms with Gasteiger partial charge in [0.25, 0.3) is 5.78 Å². The van der Waals surface area contributed by atoms with Gasteiger partial charge in [0.1, 0.15) is 5.01 Å². The van der Waals surface area contributed by atoms with Gasteiger partial charge in [-0.05, 0) is 0 Å². The molecule has 1 aromatic heterocycles. The second-order valence-corrected chi connectivity index (χ2v) is 3.91. The molecule has 0 aliphatic carbocycles. The van der Waals surface area contributed by atoms with Crippen LogP contribution >= 0.6 is 11.3 Å². The number of benzene rings is 1. The summed E-state index contributed by atoms with van der Waals surface area (Å²) in [5.41, 5.74) is 0.731. The Kier molecular flexibility index (Phi) is 2.78. The van der Waals surface area contributed by atoms with Crippen LogP contribution in [0.5, 0.6) is 0 Å². The van der Waals surface area contributed by atoms with Gasteiger partial charge in [0, 0.05) is 22.7 Å². The minimum atomic E-state index is -1.45. The van der Waals surface area contributed by atoms with Gasteiger partial charge in [0.2, 0.25) is 0 Å². The number of Topliss-reactive ketones (excluding diaryl/α,β-unsaturated/α-hetero) is 1. The van der Waals surface area contributed by atoms with Crippen molar-refractivity contribution < 1.29 is 14.7 Å². The Morgan fingerprint density at radius 2 is 2.00 bits per heavy atom. The third-order valence-electron chi connectivity index (χ3n) is 2.03. The molecular weight excluding hydrogens is 226 g/mol. The highest BCUT2D eigenvalue weighted by Gasteiger charge is 2.19. The first kappa shape index (κ1) is 10.5. The summed E-state index contributed by atoms with van der Waals surface area (Å²) in [6.07, 6.45) is 1.61. The summed E-state index contributed by atoms with van der Waals surface area (Å²) in [7, 11) is 0. The van der Waals surface area contributed by atoms with Gasteiger partial charge in [-0.25, -0.2) is 9.78 Å². The van der Waals surface area contributed by atoms with Crippen LogP contribution in [0, 0.1) is 0 Å². The summed E-state index contributed by atoms with van der Waals surface area (Å²) in [5.74, 6) is -2.37. The van der Waals surface area contributed by atoms with E-state index in [9.17, 15) is 9.59 Å². The summed E-state index contributed by atoms with van der Waals surface area (Å²) < 4.78 is 0. The normalized spacial score (nSPS) is 10.0. The van der Waals surface area contributed by atoms with E-state index in [0.29, 0.717) is 10.6 Å². The van der Waals surface area contributed by atoms with E-state index in [2.05, 4.69) is 4.98 Å². The summed E-state index contributed by atoms with van der Waals surface area (Å²) >= 11 is 1.36. The molecule has 2 rings (SSSR count). The van der Waals surface area contributed by atoms with Crippen molar-refractivity contribution >= 4 is 23.1 Å². The summed E-state index contributed by atoms with van der Waals surface area (Å²) in [4.78, 5) is 26.2. The molecule has 0 amide bonds. The van der Waals surface area contributed by atoms with Gasteiger partial charge in [-0.2, -0.15) is 0 Å². The van der Waals surface area contributed by atoms with Gasteiger partial charge < -0.3 is 5.11 Å². The standard InChI is InChI=1S/C11H7NO3S/c13-9(11(14)15)7-3-1-2-4-8(7)10-12-5-6-16-10/h1-6H,(H,14,15). The first-order chi connectivity index (χ1) is 7.70. The fourth-order valence-corrected chi connectivity index (χ4v) is 2.02. The highest BCUT2D eigenvalue weighted by atomic mass is 32.1. The van der Waals surface area contributed by atoms with E-state index in [1.807, 2.05) is 0 Å². The lowest BCUT2D eigenvalue weighted by molar-refractivity contribution is -0.131. The first-order valence-corrected chi connectivity index (χ1v) is 5.34. The van der Waals surface area contributed by atoms with Crippen molar-refractivity contribution in [3.8, 4) is 10.6 Å². The van der Waals surface area contributed by atoms with Crippen molar-refractivity contribution in [3.63, 3.8) is 0 Å². The van der Waals surface area contributed by atoms with Gasteiger partial charge in [-0.15, -0.1) is 11.3 Å². The monoisotopic (exact) mass is 233 g/mol. The molecular formula is C11H7NO3S. The number of aromatic nitrogens is 1. The topological polar surface area (TPSA) is 67.3 Å². The Morgan fingerprint density at radius 3 is 2.62 bits per heavy atom. The van der Waals surface area contributed by atoms with Gasteiger partial charge in [-0.3, -0.25) is 4.79 Å². The van der Waals surface area contributed by atoms with Crippen molar-refractivity contribution in [2.75, 3.05) is 0 Å². The maximum Gasteiger partial charge on any atom is 0.377 e. The summed E-state index contributed by atoms with van der Waals surface area (Å²) in [6.45, 7) is 0. The third-order valence-corrected chi connectivity index (χ3v) is 2.84. The molecule has 1 aromatic carbocycles. The number of nitrogens with zero attached hydrogens (tertiary/aromatic N) is 1. The van der Waals surface area contributed by atoms with Gasteiger partial charge in [-0.1, -0.05) is 24.3 Å². The van der Waals surface area contributed by atoms with Crippen LogP contribution in [0.3, 0.4) is 0 Å². The lowest BCUT2D eigenvalue weighted by Crippen LogP contribution is -2.13. The van der Waals surface area contributed by atoms with Crippen molar-refractivity contribution in [2.24, 2.45) is 0 Å². The SMILES string of the molecule is O=C(O)C(=O)c1ccccc1-c1nccs1. The number of hydrogen-bond acceptors (Lipinski definition) is 4. The number of carbonyl (C=O) groups is 2. The molecule has 0 fully saturated rings. The molecule has 0 aliphatic heterocycles. The van der Waals surface area contributed by atoms with E-state index in [4.69, 9.17) is 5.11 Å². The molecule has 4 nitrogen and oxygen atoms in total. The fourth-order valence-electron chi connectivity index (χ4n) is 1.34. The third kappa shape index (κ3) is 1.85.